The third-order valence-electron chi connectivity index (χ3n) is 3.64. The lowest BCUT2D eigenvalue weighted by molar-refractivity contribution is 0.209. The predicted molar refractivity (Wildman–Crippen MR) is 70.1 cm³/mol. The van der Waals surface area contributed by atoms with Gasteiger partial charge in [-0.3, -0.25) is 9.58 Å². The Kier molecular flexibility index (Phi) is 4.57. The van der Waals surface area contributed by atoms with Crippen molar-refractivity contribution in [2.45, 2.75) is 32.2 Å². The average Bonchev–Trinajstić information content (AvgIpc) is 2.96. The third kappa shape index (κ3) is 3.30. The van der Waals surface area contributed by atoms with Crippen LogP contribution in [0.3, 0.4) is 0 Å². The minimum atomic E-state index is 0.739. The van der Waals surface area contributed by atoms with Gasteiger partial charge in [0.1, 0.15) is 0 Å². The molecule has 1 aromatic heterocycles. The monoisotopic (exact) mass is 236 g/mol. The first-order valence-corrected chi connectivity index (χ1v) is 6.73. The molecule has 4 nitrogen and oxygen atoms in total. The van der Waals surface area contributed by atoms with E-state index in [1.54, 1.807) is 0 Å². The average molecular weight is 236 g/mol. The molecule has 1 aliphatic heterocycles. The first-order chi connectivity index (χ1) is 8.31. The molecule has 4 heteroatoms. The van der Waals surface area contributed by atoms with Crippen LogP contribution in [0.2, 0.25) is 0 Å². The Bertz CT molecular complexity index is 328. The van der Waals surface area contributed by atoms with Crippen LogP contribution in [0.4, 0.5) is 0 Å². The summed E-state index contributed by atoms with van der Waals surface area (Å²) in [4.78, 5) is 2.63. The van der Waals surface area contributed by atoms with Crippen molar-refractivity contribution in [3.63, 3.8) is 0 Å². The summed E-state index contributed by atoms with van der Waals surface area (Å²) < 4.78 is 1.98. The summed E-state index contributed by atoms with van der Waals surface area (Å²) in [6, 6.07) is 2.86. The standard InChI is InChI=1S/C13H24N4/c1-3-9-17(13-4-7-14-11-13)10-6-12-5-8-15-16(12)2/h5,8,13-14H,3-4,6-7,9-11H2,1-2H3. The van der Waals surface area contributed by atoms with Gasteiger partial charge in [-0.2, -0.15) is 5.10 Å². The van der Waals surface area contributed by atoms with Gasteiger partial charge in [0, 0.05) is 44.5 Å². The van der Waals surface area contributed by atoms with Gasteiger partial charge >= 0.3 is 0 Å². The second-order valence-electron chi connectivity index (χ2n) is 4.88. The second kappa shape index (κ2) is 6.17. The molecule has 0 saturated carbocycles. The Morgan fingerprint density at radius 1 is 1.53 bits per heavy atom. The number of hydrogen-bond donors (Lipinski definition) is 1. The largest absolute Gasteiger partial charge is 0.315 e. The van der Waals surface area contributed by atoms with Crippen molar-refractivity contribution in [2.24, 2.45) is 7.05 Å². The second-order valence-corrected chi connectivity index (χ2v) is 4.88. The van der Waals surface area contributed by atoms with Crippen LogP contribution in [-0.4, -0.2) is 46.9 Å². The molecule has 2 heterocycles. The Morgan fingerprint density at radius 2 is 2.41 bits per heavy atom. The van der Waals surface area contributed by atoms with Gasteiger partial charge in [-0.1, -0.05) is 6.92 Å². The van der Waals surface area contributed by atoms with Crippen molar-refractivity contribution < 1.29 is 0 Å². The van der Waals surface area contributed by atoms with Gasteiger partial charge in [0.2, 0.25) is 0 Å². The molecule has 0 bridgehead atoms. The predicted octanol–water partition coefficient (Wildman–Crippen LogP) is 1.04. The van der Waals surface area contributed by atoms with Crippen LogP contribution >= 0.6 is 0 Å². The van der Waals surface area contributed by atoms with Crippen LogP contribution in [0.1, 0.15) is 25.5 Å². The molecular weight excluding hydrogens is 212 g/mol. The zero-order valence-electron chi connectivity index (χ0n) is 11.0. The maximum Gasteiger partial charge on any atom is 0.0492 e. The minimum Gasteiger partial charge on any atom is -0.315 e. The lowest BCUT2D eigenvalue weighted by atomic mass is 10.2. The molecule has 2 rings (SSSR count). The number of aryl methyl sites for hydroxylation is 1. The molecule has 1 N–H and O–H groups in total. The molecule has 1 unspecified atom stereocenters. The summed E-state index contributed by atoms with van der Waals surface area (Å²) in [6.07, 6.45) is 5.52. The lowest BCUT2D eigenvalue weighted by Crippen LogP contribution is -2.39. The number of nitrogens with zero attached hydrogens (tertiary/aromatic N) is 3. The molecule has 0 amide bonds. The molecular formula is C13H24N4. The Balaban J connectivity index is 1.86. The van der Waals surface area contributed by atoms with E-state index in [0.717, 1.165) is 25.6 Å². The fraction of sp³-hybridized carbons (Fsp3) is 0.769. The van der Waals surface area contributed by atoms with Crippen LogP contribution in [-0.2, 0) is 13.5 Å². The molecule has 1 aliphatic rings. The van der Waals surface area contributed by atoms with Crippen LogP contribution in [0.5, 0.6) is 0 Å². The van der Waals surface area contributed by atoms with E-state index in [1.165, 1.54) is 31.6 Å². The lowest BCUT2D eigenvalue weighted by Gasteiger charge is -2.27. The molecule has 0 radical (unpaired) electrons. The summed E-state index contributed by atoms with van der Waals surface area (Å²) in [7, 11) is 2.02. The van der Waals surface area contributed by atoms with Gasteiger partial charge in [-0.15, -0.1) is 0 Å². The van der Waals surface area contributed by atoms with E-state index in [0.29, 0.717) is 0 Å². The van der Waals surface area contributed by atoms with E-state index in [1.807, 2.05) is 17.9 Å². The molecule has 1 saturated heterocycles. The first kappa shape index (κ1) is 12.6. The van der Waals surface area contributed by atoms with Crippen molar-refractivity contribution in [3.05, 3.63) is 18.0 Å². The van der Waals surface area contributed by atoms with Crippen molar-refractivity contribution in [2.75, 3.05) is 26.2 Å². The Morgan fingerprint density at radius 3 is 3.00 bits per heavy atom. The number of nitrogens with one attached hydrogen (secondary N) is 1. The van der Waals surface area contributed by atoms with E-state index in [2.05, 4.69) is 28.3 Å². The maximum atomic E-state index is 4.22. The normalized spacial score (nSPS) is 20.3. The molecule has 1 aromatic rings. The van der Waals surface area contributed by atoms with E-state index in [-0.39, 0.29) is 0 Å². The summed E-state index contributed by atoms with van der Waals surface area (Å²) in [5.74, 6) is 0. The van der Waals surface area contributed by atoms with E-state index >= 15 is 0 Å². The molecule has 1 atom stereocenters. The molecule has 96 valence electrons. The summed E-state index contributed by atoms with van der Waals surface area (Å²) in [5.41, 5.74) is 1.33. The van der Waals surface area contributed by atoms with Gasteiger partial charge in [0.15, 0.2) is 0 Å². The SMILES string of the molecule is CCCN(CCc1ccnn1C)C1CCNC1. The van der Waals surface area contributed by atoms with Crippen molar-refractivity contribution in [3.8, 4) is 0 Å². The molecule has 0 spiro atoms. The molecule has 0 aromatic carbocycles. The van der Waals surface area contributed by atoms with Gasteiger partial charge < -0.3 is 5.32 Å². The highest BCUT2D eigenvalue weighted by atomic mass is 15.3. The van der Waals surface area contributed by atoms with Crippen LogP contribution in [0.15, 0.2) is 12.3 Å². The Labute approximate surface area is 104 Å². The zero-order chi connectivity index (χ0) is 12.1. The van der Waals surface area contributed by atoms with Crippen molar-refractivity contribution in [1.82, 2.24) is 20.0 Å². The quantitative estimate of drug-likeness (QED) is 0.801. The highest BCUT2D eigenvalue weighted by molar-refractivity contribution is 5.00. The molecule has 1 fully saturated rings. The maximum absolute atomic E-state index is 4.22. The van der Waals surface area contributed by atoms with Gasteiger partial charge in [0.25, 0.3) is 0 Å². The van der Waals surface area contributed by atoms with Gasteiger partial charge in [-0.25, -0.2) is 0 Å². The fourth-order valence-corrected chi connectivity index (χ4v) is 2.62. The summed E-state index contributed by atoms with van der Waals surface area (Å²) in [6.45, 7) is 6.96. The van der Waals surface area contributed by atoms with E-state index < -0.39 is 0 Å². The van der Waals surface area contributed by atoms with Crippen molar-refractivity contribution >= 4 is 0 Å². The van der Waals surface area contributed by atoms with Crippen molar-refractivity contribution in [1.29, 1.82) is 0 Å². The Hall–Kier alpha value is -0.870. The van der Waals surface area contributed by atoms with E-state index in [9.17, 15) is 0 Å². The zero-order valence-corrected chi connectivity index (χ0v) is 11.0. The van der Waals surface area contributed by atoms with Gasteiger partial charge in [0.05, 0.1) is 0 Å². The van der Waals surface area contributed by atoms with Crippen LogP contribution in [0, 0.1) is 0 Å². The van der Waals surface area contributed by atoms with Crippen LogP contribution < -0.4 is 5.32 Å². The topological polar surface area (TPSA) is 33.1 Å². The molecule has 17 heavy (non-hydrogen) atoms. The highest BCUT2D eigenvalue weighted by Crippen LogP contribution is 2.10. The third-order valence-corrected chi connectivity index (χ3v) is 3.64. The van der Waals surface area contributed by atoms with Crippen LogP contribution in [0.25, 0.3) is 0 Å². The van der Waals surface area contributed by atoms with Gasteiger partial charge in [-0.05, 0) is 32.0 Å². The summed E-state index contributed by atoms with van der Waals surface area (Å²) in [5, 5.41) is 7.68. The smallest absolute Gasteiger partial charge is 0.0492 e. The summed E-state index contributed by atoms with van der Waals surface area (Å²) >= 11 is 0. The number of aromatic nitrogens is 2. The number of hydrogen-bond acceptors (Lipinski definition) is 3. The number of rotatable bonds is 6. The fourth-order valence-electron chi connectivity index (χ4n) is 2.62. The molecule has 0 aliphatic carbocycles. The highest BCUT2D eigenvalue weighted by Gasteiger charge is 2.21. The minimum absolute atomic E-state index is 0.739. The first-order valence-electron chi connectivity index (χ1n) is 6.73. The van der Waals surface area contributed by atoms with E-state index in [4.69, 9.17) is 0 Å².